The van der Waals surface area contributed by atoms with Crippen molar-refractivity contribution < 1.29 is 13.2 Å². The molecule has 1 aliphatic rings. The molecule has 1 N–H and O–H groups in total. The summed E-state index contributed by atoms with van der Waals surface area (Å²) in [4.78, 5) is 12.7. The van der Waals surface area contributed by atoms with Crippen LogP contribution in [0, 0.1) is 25.2 Å². The predicted molar refractivity (Wildman–Crippen MR) is 104 cm³/mol. The molecule has 0 bridgehead atoms. The number of hydrogen-bond donors (Lipinski definition) is 1. The Morgan fingerprint density at radius 3 is 2.35 bits per heavy atom. The fourth-order valence-electron chi connectivity index (χ4n) is 3.29. The first-order valence-electron chi connectivity index (χ1n) is 9.36. The number of hydrogen-bond acceptors (Lipinski definition) is 3. The third kappa shape index (κ3) is 5.30. The van der Waals surface area contributed by atoms with Crippen molar-refractivity contribution in [3.63, 3.8) is 0 Å². The minimum atomic E-state index is -3.49. The van der Waals surface area contributed by atoms with Gasteiger partial charge in [0.2, 0.25) is 15.9 Å². The van der Waals surface area contributed by atoms with Gasteiger partial charge < -0.3 is 5.32 Å². The number of carbonyl (C=O) groups is 1. The monoisotopic (exact) mass is 380 g/mol. The van der Waals surface area contributed by atoms with Crippen LogP contribution in [0.5, 0.6) is 0 Å². The van der Waals surface area contributed by atoms with Crippen LogP contribution in [0.2, 0.25) is 0 Å². The van der Waals surface area contributed by atoms with Crippen molar-refractivity contribution in [3.8, 4) is 0 Å². The lowest BCUT2D eigenvalue weighted by Gasteiger charge is -2.31. The third-order valence-corrected chi connectivity index (χ3v) is 7.01. The number of piperidine rings is 1. The molecule has 1 saturated heterocycles. The normalized spacial score (nSPS) is 17.3. The average molecular weight is 381 g/mol. The van der Waals surface area contributed by atoms with E-state index in [1.54, 1.807) is 6.07 Å². The largest absolute Gasteiger partial charge is 0.356 e. The molecule has 0 atom stereocenters. The number of carbonyl (C=O) groups excluding carboxylic acids is 1. The van der Waals surface area contributed by atoms with Crippen LogP contribution in [0.4, 0.5) is 0 Å². The van der Waals surface area contributed by atoms with E-state index in [0.29, 0.717) is 37.4 Å². The fraction of sp³-hybridized carbons (Fsp3) is 0.650. The molecule has 0 aromatic heterocycles. The van der Waals surface area contributed by atoms with E-state index < -0.39 is 10.0 Å². The van der Waals surface area contributed by atoms with Crippen LogP contribution in [0.25, 0.3) is 0 Å². The lowest BCUT2D eigenvalue weighted by atomic mass is 9.92. The van der Waals surface area contributed by atoms with E-state index >= 15 is 0 Å². The number of sulfonamides is 1. The Morgan fingerprint density at radius 1 is 1.19 bits per heavy atom. The van der Waals surface area contributed by atoms with E-state index in [0.717, 1.165) is 17.5 Å². The van der Waals surface area contributed by atoms with E-state index in [1.165, 1.54) is 4.31 Å². The molecule has 1 heterocycles. The maximum absolute atomic E-state index is 12.9. The smallest absolute Gasteiger partial charge is 0.243 e. The summed E-state index contributed by atoms with van der Waals surface area (Å²) in [7, 11) is -3.49. The zero-order valence-corrected chi connectivity index (χ0v) is 17.4. The quantitative estimate of drug-likeness (QED) is 0.853. The fourth-order valence-corrected chi connectivity index (χ4v) is 4.97. The third-order valence-electron chi connectivity index (χ3n) is 4.95. The van der Waals surface area contributed by atoms with Crippen LogP contribution in [-0.2, 0) is 14.8 Å². The zero-order valence-electron chi connectivity index (χ0n) is 16.6. The molecule has 0 aliphatic carbocycles. The van der Waals surface area contributed by atoms with Crippen molar-refractivity contribution in [2.75, 3.05) is 19.6 Å². The Bertz CT molecular complexity index is 743. The first-order chi connectivity index (χ1) is 12.0. The van der Waals surface area contributed by atoms with Gasteiger partial charge in [-0.2, -0.15) is 4.31 Å². The van der Waals surface area contributed by atoms with Crippen molar-refractivity contribution in [1.29, 1.82) is 0 Å². The number of rotatable bonds is 5. The zero-order chi connectivity index (χ0) is 19.5. The molecule has 2 rings (SSSR count). The van der Waals surface area contributed by atoms with Crippen molar-refractivity contribution in [1.82, 2.24) is 9.62 Å². The topological polar surface area (TPSA) is 66.5 Å². The molecule has 0 radical (unpaired) electrons. The first kappa shape index (κ1) is 20.9. The van der Waals surface area contributed by atoms with Crippen LogP contribution in [0.3, 0.4) is 0 Å². The Morgan fingerprint density at radius 2 is 1.81 bits per heavy atom. The van der Waals surface area contributed by atoms with Crippen LogP contribution >= 0.6 is 0 Å². The van der Waals surface area contributed by atoms with Gasteiger partial charge in [-0.3, -0.25) is 4.79 Å². The van der Waals surface area contributed by atoms with Gasteiger partial charge in [0.25, 0.3) is 0 Å². The maximum atomic E-state index is 12.9. The summed E-state index contributed by atoms with van der Waals surface area (Å²) in [5.41, 5.74) is 2.01. The standard InChI is InChI=1S/C20H32N2O3S/c1-15-6-7-18(16(2)14-15)26(24,25)22-12-8-17(9-13-22)19(23)21-11-10-20(3,4)5/h6-7,14,17H,8-13H2,1-5H3,(H,21,23). The van der Waals surface area contributed by atoms with Gasteiger partial charge in [-0.1, -0.05) is 38.5 Å². The number of nitrogens with zero attached hydrogens (tertiary/aromatic N) is 1. The van der Waals surface area contributed by atoms with Crippen molar-refractivity contribution >= 4 is 15.9 Å². The number of benzene rings is 1. The van der Waals surface area contributed by atoms with Gasteiger partial charge in [-0.15, -0.1) is 0 Å². The second-order valence-electron chi connectivity index (χ2n) is 8.55. The average Bonchev–Trinajstić information content (AvgIpc) is 2.53. The number of nitrogens with one attached hydrogen (secondary N) is 1. The first-order valence-corrected chi connectivity index (χ1v) is 10.8. The summed E-state index contributed by atoms with van der Waals surface area (Å²) in [6, 6.07) is 5.41. The lowest BCUT2D eigenvalue weighted by Crippen LogP contribution is -2.43. The highest BCUT2D eigenvalue weighted by atomic mass is 32.2. The van der Waals surface area contributed by atoms with Gasteiger partial charge >= 0.3 is 0 Å². The molecule has 0 saturated carbocycles. The van der Waals surface area contributed by atoms with E-state index in [2.05, 4.69) is 26.1 Å². The summed E-state index contributed by atoms with van der Waals surface area (Å²) >= 11 is 0. The van der Waals surface area contributed by atoms with Gasteiger partial charge in [0.05, 0.1) is 4.90 Å². The molecule has 1 aromatic rings. The van der Waals surface area contributed by atoms with Crippen LogP contribution in [-0.4, -0.2) is 38.3 Å². The van der Waals surface area contributed by atoms with Gasteiger partial charge in [0, 0.05) is 25.6 Å². The van der Waals surface area contributed by atoms with E-state index in [1.807, 2.05) is 26.0 Å². The van der Waals surface area contributed by atoms with Crippen LogP contribution < -0.4 is 5.32 Å². The molecule has 5 nitrogen and oxygen atoms in total. The minimum Gasteiger partial charge on any atom is -0.356 e. The summed E-state index contributed by atoms with van der Waals surface area (Å²) in [6.07, 6.45) is 2.08. The Hall–Kier alpha value is -1.40. The summed E-state index contributed by atoms with van der Waals surface area (Å²) in [5.74, 6) is -0.0432. The highest BCUT2D eigenvalue weighted by Crippen LogP contribution is 2.26. The Balaban J connectivity index is 1.94. The van der Waals surface area contributed by atoms with Crippen molar-refractivity contribution in [2.45, 2.75) is 58.8 Å². The molecular weight excluding hydrogens is 348 g/mol. The summed E-state index contributed by atoms with van der Waals surface area (Å²) in [5, 5.41) is 3.00. The molecule has 1 aliphatic heterocycles. The molecule has 1 aromatic carbocycles. The number of aryl methyl sites for hydroxylation is 2. The second kappa shape index (κ2) is 8.09. The molecule has 0 spiro atoms. The molecule has 1 amide bonds. The summed E-state index contributed by atoms with van der Waals surface area (Å²) < 4.78 is 27.3. The van der Waals surface area contributed by atoms with E-state index in [4.69, 9.17) is 0 Å². The predicted octanol–water partition coefficient (Wildman–Crippen LogP) is 3.26. The lowest BCUT2D eigenvalue weighted by molar-refractivity contribution is -0.126. The van der Waals surface area contributed by atoms with Crippen LogP contribution in [0.15, 0.2) is 23.1 Å². The van der Waals surface area contributed by atoms with Gasteiger partial charge in [0.15, 0.2) is 0 Å². The second-order valence-corrected chi connectivity index (χ2v) is 10.5. The molecular formula is C20H32N2O3S. The highest BCUT2D eigenvalue weighted by Gasteiger charge is 2.32. The number of amides is 1. The van der Waals surface area contributed by atoms with Gasteiger partial charge in [-0.05, 0) is 50.2 Å². The maximum Gasteiger partial charge on any atom is 0.243 e. The van der Waals surface area contributed by atoms with Crippen molar-refractivity contribution in [2.24, 2.45) is 11.3 Å². The Labute approximate surface area is 158 Å². The van der Waals surface area contributed by atoms with E-state index in [9.17, 15) is 13.2 Å². The molecule has 1 fully saturated rings. The van der Waals surface area contributed by atoms with Gasteiger partial charge in [-0.25, -0.2) is 8.42 Å². The SMILES string of the molecule is Cc1ccc(S(=O)(=O)N2CCC(C(=O)NCCC(C)(C)C)CC2)c(C)c1. The summed E-state index contributed by atoms with van der Waals surface area (Å²) in [6.45, 7) is 11.7. The highest BCUT2D eigenvalue weighted by molar-refractivity contribution is 7.89. The van der Waals surface area contributed by atoms with Crippen molar-refractivity contribution in [3.05, 3.63) is 29.3 Å². The van der Waals surface area contributed by atoms with Gasteiger partial charge in [0.1, 0.15) is 0 Å². The van der Waals surface area contributed by atoms with E-state index in [-0.39, 0.29) is 17.2 Å². The molecule has 0 unspecified atom stereocenters. The molecule has 6 heteroatoms. The molecule has 26 heavy (non-hydrogen) atoms. The minimum absolute atomic E-state index is 0.0535. The van der Waals surface area contributed by atoms with Crippen LogP contribution in [0.1, 0.15) is 51.2 Å². The molecule has 146 valence electrons. The Kier molecular flexibility index (Phi) is 6.51.